The highest BCUT2D eigenvalue weighted by molar-refractivity contribution is 5.83. The fourth-order valence-electron chi connectivity index (χ4n) is 1.51. The number of nitrogens with zero attached hydrogens (tertiary/aromatic N) is 3. The van der Waals surface area contributed by atoms with Crippen molar-refractivity contribution in [1.82, 2.24) is 5.32 Å². The topological polar surface area (TPSA) is 115 Å². The maximum Gasteiger partial charge on any atom is 0.326 e. The molecule has 2 N–H and O–H groups in total. The van der Waals surface area contributed by atoms with Gasteiger partial charge in [-0.25, -0.2) is 4.79 Å². The number of carboxylic acid groups (broad SMARTS) is 1. The summed E-state index contributed by atoms with van der Waals surface area (Å²) in [6.45, 7) is 0.0139. The molecular weight excluding hydrogens is 248 g/mol. The quantitative estimate of drug-likeness (QED) is 0.440. The molecule has 0 unspecified atom stereocenters. The Bertz CT molecular complexity index is 483. The number of hydrogen-bond donors (Lipinski definition) is 2. The summed E-state index contributed by atoms with van der Waals surface area (Å²) < 4.78 is 0. The van der Waals surface area contributed by atoms with Crippen molar-refractivity contribution in [2.75, 3.05) is 6.54 Å². The van der Waals surface area contributed by atoms with Crippen LogP contribution in [0.1, 0.15) is 12.0 Å². The van der Waals surface area contributed by atoms with Gasteiger partial charge in [-0.1, -0.05) is 35.4 Å². The first-order chi connectivity index (χ1) is 9.13. The van der Waals surface area contributed by atoms with E-state index in [1.807, 2.05) is 6.07 Å². The van der Waals surface area contributed by atoms with Crippen LogP contribution in [0.3, 0.4) is 0 Å². The van der Waals surface area contributed by atoms with Gasteiger partial charge in [0.05, 0.1) is 0 Å². The Morgan fingerprint density at radius 2 is 2.05 bits per heavy atom. The zero-order valence-corrected chi connectivity index (χ0v) is 10.2. The lowest BCUT2D eigenvalue weighted by atomic mass is 10.1. The molecular formula is C12H14N4O3. The summed E-state index contributed by atoms with van der Waals surface area (Å²) in [6, 6.07) is 8.04. The van der Waals surface area contributed by atoms with E-state index in [1.54, 1.807) is 24.3 Å². The van der Waals surface area contributed by atoms with E-state index in [0.717, 1.165) is 5.56 Å². The van der Waals surface area contributed by atoms with Gasteiger partial charge < -0.3 is 10.4 Å². The predicted octanol–water partition coefficient (Wildman–Crippen LogP) is 1.50. The van der Waals surface area contributed by atoms with Crippen molar-refractivity contribution in [1.29, 1.82) is 0 Å². The number of rotatable bonds is 7. The number of aliphatic carboxylic acids is 1. The Kier molecular flexibility index (Phi) is 5.91. The van der Waals surface area contributed by atoms with Gasteiger partial charge >= 0.3 is 5.97 Å². The normalized spacial score (nSPS) is 11.2. The minimum absolute atomic E-state index is 0.0139. The average molecular weight is 262 g/mol. The summed E-state index contributed by atoms with van der Waals surface area (Å²) in [5.74, 6) is -1.54. The second kappa shape index (κ2) is 7.73. The van der Waals surface area contributed by atoms with E-state index < -0.39 is 17.9 Å². The fraction of sp³-hybridized carbons (Fsp3) is 0.333. The molecule has 0 aliphatic rings. The van der Waals surface area contributed by atoms with Crippen molar-refractivity contribution >= 4 is 11.9 Å². The van der Waals surface area contributed by atoms with Crippen LogP contribution in [0, 0.1) is 0 Å². The van der Waals surface area contributed by atoms with Crippen LogP contribution in [0.4, 0.5) is 0 Å². The highest BCUT2D eigenvalue weighted by Crippen LogP contribution is 2.03. The predicted molar refractivity (Wildman–Crippen MR) is 68.3 cm³/mol. The molecule has 0 bridgehead atoms. The third kappa shape index (κ3) is 5.56. The molecule has 1 aromatic carbocycles. The van der Waals surface area contributed by atoms with Gasteiger partial charge in [0.25, 0.3) is 0 Å². The lowest BCUT2D eigenvalue weighted by Gasteiger charge is -2.14. The van der Waals surface area contributed by atoms with E-state index in [-0.39, 0.29) is 19.4 Å². The Morgan fingerprint density at radius 1 is 1.37 bits per heavy atom. The van der Waals surface area contributed by atoms with Gasteiger partial charge in [-0.05, 0) is 11.1 Å². The smallest absolute Gasteiger partial charge is 0.326 e. The number of hydrogen-bond acceptors (Lipinski definition) is 3. The van der Waals surface area contributed by atoms with Crippen LogP contribution in [0.25, 0.3) is 10.4 Å². The first-order valence-electron chi connectivity index (χ1n) is 5.70. The molecule has 19 heavy (non-hydrogen) atoms. The Hall–Kier alpha value is -2.53. The van der Waals surface area contributed by atoms with Crippen LogP contribution in [0.5, 0.6) is 0 Å². The third-order valence-electron chi connectivity index (χ3n) is 2.42. The highest BCUT2D eigenvalue weighted by Gasteiger charge is 2.19. The average Bonchev–Trinajstić information content (AvgIpc) is 2.39. The maximum absolute atomic E-state index is 11.5. The van der Waals surface area contributed by atoms with Crippen molar-refractivity contribution in [3.05, 3.63) is 46.3 Å². The standard InChI is InChI=1S/C12H14N4O3/c13-16-14-7-6-11(17)15-10(12(18)19)8-9-4-2-1-3-5-9/h1-5,10H,6-8H2,(H,15,17)(H,18,19)/t10-/m0/s1. The molecule has 1 rings (SSSR count). The van der Waals surface area contributed by atoms with E-state index in [0.29, 0.717) is 0 Å². The first-order valence-corrected chi connectivity index (χ1v) is 5.70. The molecule has 0 aromatic heterocycles. The second-order valence-electron chi connectivity index (χ2n) is 3.85. The molecule has 7 nitrogen and oxygen atoms in total. The molecule has 0 radical (unpaired) electrons. The van der Waals surface area contributed by atoms with Crippen molar-refractivity contribution in [3.63, 3.8) is 0 Å². The van der Waals surface area contributed by atoms with Gasteiger partial charge in [0.15, 0.2) is 0 Å². The number of carboxylic acids is 1. The molecule has 0 saturated carbocycles. The zero-order valence-electron chi connectivity index (χ0n) is 10.2. The summed E-state index contributed by atoms with van der Waals surface area (Å²) in [7, 11) is 0. The Labute approximate surface area is 109 Å². The largest absolute Gasteiger partial charge is 0.480 e. The number of azide groups is 1. The van der Waals surface area contributed by atoms with Crippen LogP contribution in [0.2, 0.25) is 0 Å². The number of carbonyl (C=O) groups excluding carboxylic acids is 1. The molecule has 7 heteroatoms. The monoisotopic (exact) mass is 262 g/mol. The summed E-state index contributed by atoms with van der Waals surface area (Å²) >= 11 is 0. The molecule has 100 valence electrons. The van der Waals surface area contributed by atoms with Crippen LogP contribution < -0.4 is 5.32 Å². The van der Waals surface area contributed by atoms with E-state index in [2.05, 4.69) is 15.3 Å². The van der Waals surface area contributed by atoms with Gasteiger partial charge in [0, 0.05) is 24.3 Å². The van der Waals surface area contributed by atoms with Crippen LogP contribution in [-0.2, 0) is 16.0 Å². The molecule has 1 atom stereocenters. The van der Waals surface area contributed by atoms with Crippen molar-refractivity contribution in [2.45, 2.75) is 18.9 Å². The molecule has 0 heterocycles. The van der Waals surface area contributed by atoms with Crippen molar-refractivity contribution < 1.29 is 14.7 Å². The van der Waals surface area contributed by atoms with Crippen LogP contribution in [0.15, 0.2) is 35.4 Å². The van der Waals surface area contributed by atoms with E-state index in [4.69, 9.17) is 10.6 Å². The molecule has 0 aliphatic heterocycles. The van der Waals surface area contributed by atoms with E-state index >= 15 is 0 Å². The van der Waals surface area contributed by atoms with Crippen LogP contribution in [-0.4, -0.2) is 29.6 Å². The fourth-order valence-corrected chi connectivity index (χ4v) is 1.51. The first kappa shape index (κ1) is 14.5. The number of amides is 1. The summed E-state index contributed by atoms with van der Waals surface area (Å²) in [4.78, 5) is 25.1. The van der Waals surface area contributed by atoms with Gasteiger partial charge in [0.1, 0.15) is 6.04 Å². The zero-order chi connectivity index (χ0) is 14.1. The SMILES string of the molecule is [N-]=[N+]=NCCC(=O)N[C@@H](Cc1ccccc1)C(=O)O. The molecule has 1 aromatic rings. The molecule has 0 fully saturated rings. The number of carbonyl (C=O) groups is 2. The highest BCUT2D eigenvalue weighted by atomic mass is 16.4. The van der Waals surface area contributed by atoms with E-state index in [1.165, 1.54) is 0 Å². The maximum atomic E-state index is 11.5. The van der Waals surface area contributed by atoms with Crippen LogP contribution >= 0.6 is 0 Å². The number of benzene rings is 1. The minimum atomic E-state index is -1.10. The summed E-state index contributed by atoms with van der Waals surface area (Å²) in [5, 5.41) is 14.7. The summed E-state index contributed by atoms with van der Waals surface area (Å²) in [6.07, 6.45) is 0.187. The third-order valence-corrected chi connectivity index (χ3v) is 2.42. The van der Waals surface area contributed by atoms with E-state index in [9.17, 15) is 9.59 Å². The van der Waals surface area contributed by atoms with Gasteiger partial charge in [-0.3, -0.25) is 4.79 Å². The Balaban J connectivity index is 2.56. The second-order valence-corrected chi connectivity index (χ2v) is 3.85. The molecule has 0 aliphatic carbocycles. The summed E-state index contributed by atoms with van der Waals surface area (Å²) in [5.41, 5.74) is 8.90. The lowest BCUT2D eigenvalue weighted by molar-refractivity contribution is -0.141. The minimum Gasteiger partial charge on any atom is -0.480 e. The van der Waals surface area contributed by atoms with Crippen molar-refractivity contribution in [3.8, 4) is 0 Å². The van der Waals surface area contributed by atoms with Crippen molar-refractivity contribution in [2.24, 2.45) is 5.11 Å². The Morgan fingerprint density at radius 3 is 2.63 bits per heavy atom. The van der Waals surface area contributed by atoms with Gasteiger partial charge in [-0.2, -0.15) is 0 Å². The van der Waals surface area contributed by atoms with Gasteiger partial charge in [0.2, 0.25) is 5.91 Å². The molecule has 0 spiro atoms. The lowest BCUT2D eigenvalue weighted by Crippen LogP contribution is -2.42. The molecule has 1 amide bonds. The van der Waals surface area contributed by atoms with Gasteiger partial charge in [-0.15, -0.1) is 0 Å². The number of nitrogens with one attached hydrogen (secondary N) is 1. The molecule has 0 saturated heterocycles.